The van der Waals surface area contributed by atoms with E-state index in [-0.39, 0.29) is 11.8 Å². The summed E-state index contributed by atoms with van der Waals surface area (Å²) in [5.74, 6) is 0.908. The average Bonchev–Trinajstić information content (AvgIpc) is 2.86. The van der Waals surface area contributed by atoms with E-state index in [9.17, 15) is 9.59 Å². The van der Waals surface area contributed by atoms with Crippen molar-refractivity contribution in [1.82, 2.24) is 5.32 Å². The molecule has 0 fully saturated rings. The normalized spacial score (nSPS) is 14.1. The second-order valence-electron chi connectivity index (χ2n) is 7.44. The van der Waals surface area contributed by atoms with Gasteiger partial charge in [-0.15, -0.1) is 0 Å². The summed E-state index contributed by atoms with van der Waals surface area (Å²) in [6.45, 7) is 0.443. The number of hydrogen-bond acceptors (Lipinski definition) is 5. The Labute approximate surface area is 197 Å². The first-order valence-electron chi connectivity index (χ1n) is 10.4. The number of ether oxygens (including phenoxy) is 2. The van der Waals surface area contributed by atoms with E-state index in [1.165, 1.54) is 11.8 Å². The number of thioether (sulfide) groups is 1. The number of benzene rings is 3. The SMILES string of the molecule is COc1ccc(/C=C2\Sc3ccc(C(=O)NCc4ccccc4)cc3N(C)C2=O)cc1OC. The lowest BCUT2D eigenvalue weighted by atomic mass is 10.1. The lowest BCUT2D eigenvalue weighted by Gasteiger charge is -2.27. The van der Waals surface area contributed by atoms with E-state index in [1.54, 1.807) is 44.4 Å². The van der Waals surface area contributed by atoms with Crippen LogP contribution < -0.4 is 19.7 Å². The maximum Gasteiger partial charge on any atom is 0.264 e. The van der Waals surface area contributed by atoms with Crippen molar-refractivity contribution in [3.8, 4) is 11.5 Å². The summed E-state index contributed by atoms with van der Waals surface area (Å²) < 4.78 is 10.6. The third-order valence-corrected chi connectivity index (χ3v) is 6.40. The van der Waals surface area contributed by atoms with Gasteiger partial charge in [0.2, 0.25) is 0 Å². The highest BCUT2D eigenvalue weighted by Gasteiger charge is 2.27. The molecule has 1 N–H and O–H groups in total. The number of carbonyl (C=O) groups is 2. The second kappa shape index (κ2) is 9.83. The van der Waals surface area contributed by atoms with Gasteiger partial charge in [-0.2, -0.15) is 0 Å². The first-order valence-corrected chi connectivity index (χ1v) is 11.2. The third kappa shape index (κ3) is 4.88. The molecule has 0 spiro atoms. The number of methoxy groups -OCH3 is 2. The van der Waals surface area contributed by atoms with Crippen molar-refractivity contribution in [1.29, 1.82) is 0 Å². The van der Waals surface area contributed by atoms with E-state index >= 15 is 0 Å². The van der Waals surface area contributed by atoms with Gasteiger partial charge in [0.05, 0.1) is 24.8 Å². The number of amides is 2. The minimum atomic E-state index is -0.181. The maximum absolute atomic E-state index is 13.0. The van der Waals surface area contributed by atoms with E-state index in [2.05, 4.69) is 5.32 Å². The van der Waals surface area contributed by atoms with E-state index < -0.39 is 0 Å². The van der Waals surface area contributed by atoms with E-state index in [1.807, 2.05) is 54.6 Å². The highest BCUT2D eigenvalue weighted by molar-refractivity contribution is 8.04. The van der Waals surface area contributed by atoms with Gasteiger partial charge >= 0.3 is 0 Å². The number of rotatable bonds is 6. The average molecular weight is 461 g/mol. The van der Waals surface area contributed by atoms with Crippen LogP contribution in [0.5, 0.6) is 11.5 Å². The Morgan fingerprint density at radius 3 is 2.48 bits per heavy atom. The van der Waals surface area contributed by atoms with Crippen LogP contribution >= 0.6 is 11.8 Å². The van der Waals surface area contributed by atoms with E-state index in [4.69, 9.17) is 9.47 Å². The second-order valence-corrected chi connectivity index (χ2v) is 8.52. The van der Waals surface area contributed by atoms with Gasteiger partial charge in [-0.3, -0.25) is 9.59 Å². The van der Waals surface area contributed by atoms with E-state index in [0.717, 1.165) is 16.0 Å². The maximum atomic E-state index is 13.0. The molecule has 6 nitrogen and oxygen atoms in total. The Balaban J connectivity index is 1.55. The summed E-state index contributed by atoms with van der Waals surface area (Å²) >= 11 is 1.38. The molecule has 4 rings (SSSR count). The van der Waals surface area contributed by atoms with Crippen LogP contribution in [0, 0.1) is 0 Å². The molecule has 0 saturated heterocycles. The van der Waals surface area contributed by atoms with Crippen molar-refractivity contribution < 1.29 is 19.1 Å². The van der Waals surface area contributed by atoms with Crippen molar-refractivity contribution in [2.45, 2.75) is 11.4 Å². The summed E-state index contributed by atoms with van der Waals surface area (Å²) in [6.07, 6.45) is 1.83. The molecule has 3 aromatic carbocycles. The summed E-state index contributed by atoms with van der Waals surface area (Å²) in [7, 11) is 4.88. The van der Waals surface area contributed by atoms with Crippen LogP contribution in [-0.4, -0.2) is 33.1 Å². The predicted octanol–water partition coefficient (Wildman–Crippen LogP) is 4.74. The summed E-state index contributed by atoms with van der Waals surface area (Å²) in [6, 6.07) is 20.7. The van der Waals surface area contributed by atoms with Crippen molar-refractivity contribution in [3.63, 3.8) is 0 Å². The molecule has 168 valence electrons. The van der Waals surface area contributed by atoms with Gasteiger partial charge in [0.15, 0.2) is 11.5 Å². The smallest absolute Gasteiger partial charge is 0.264 e. The number of likely N-dealkylation sites (N-methyl/N-ethyl adjacent to an activating group) is 1. The van der Waals surface area contributed by atoms with Crippen LogP contribution in [0.1, 0.15) is 21.5 Å². The van der Waals surface area contributed by atoms with Crippen LogP contribution in [-0.2, 0) is 11.3 Å². The zero-order valence-electron chi connectivity index (χ0n) is 18.6. The standard InChI is InChI=1S/C26H24N2O4S/c1-28-20-15-19(25(29)27-16-17-7-5-4-6-8-17)10-12-23(20)33-24(26(28)30)14-18-9-11-21(31-2)22(13-18)32-3/h4-15H,16H2,1-3H3,(H,27,29)/b24-14-. The molecule has 7 heteroatoms. The molecule has 0 atom stereocenters. The zero-order chi connectivity index (χ0) is 23.4. The fourth-order valence-electron chi connectivity index (χ4n) is 3.51. The van der Waals surface area contributed by atoms with Crippen LogP contribution in [0.25, 0.3) is 6.08 Å². The Bertz CT molecular complexity index is 1220. The zero-order valence-corrected chi connectivity index (χ0v) is 19.4. The number of carbonyl (C=O) groups excluding carboxylic acids is 2. The molecule has 2 amide bonds. The topological polar surface area (TPSA) is 67.9 Å². The van der Waals surface area contributed by atoms with Crippen LogP contribution in [0.2, 0.25) is 0 Å². The van der Waals surface area contributed by atoms with Crippen molar-refractivity contribution >= 4 is 35.3 Å². The molecule has 3 aromatic rings. The Morgan fingerprint density at radius 2 is 1.76 bits per heavy atom. The highest BCUT2D eigenvalue weighted by Crippen LogP contribution is 2.42. The monoisotopic (exact) mass is 460 g/mol. The van der Waals surface area contributed by atoms with Gasteiger partial charge in [0, 0.05) is 24.1 Å². The van der Waals surface area contributed by atoms with Gasteiger partial charge in [-0.1, -0.05) is 48.2 Å². The fourth-order valence-corrected chi connectivity index (χ4v) is 4.60. The minimum Gasteiger partial charge on any atom is -0.493 e. The lowest BCUT2D eigenvalue weighted by molar-refractivity contribution is -0.114. The molecule has 1 aliphatic rings. The molecule has 33 heavy (non-hydrogen) atoms. The van der Waals surface area contributed by atoms with Gasteiger partial charge in [-0.05, 0) is 47.5 Å². The summed E-state index contributed by atoms with van der Waals surface area (Å²) in [4.78, 5) is 28.8. The van der Waals surface area contributed by atoms with Gasteiger partial charge in [-0.25, -0.2) is 0 Å². The summed E-state index contributed by atoms with van der Waals surface area (Å²) in [5, 5.41) is 2.93. The number of anilines is 1. The minimum absolute atomic E-state index is 0.135. The largest absolute Gasteiger partial charge is 0.493 e. The number of nitrogens with one attached hydrogen (secondary N) is 1. The molecular weight excluding hydrogens is 436 g/mol. The predicted molar refractivity (Wildman–Crippen MR) is 131 cm³/mol. The number of nitrogens with zero attached hydrogens (tertiary/aromatic N) is 1. The molecule has 0 aliphatic carbocycles. The molecule has 1 aliphatic heterocycles. The molecular formula is C26H24N2O4S. The van der Waals surface area contributed by atoms with Crippen molar-refractivity contribution in [3.05, 3.63) is 88.3 Å². The van der Waals surface area contributed by atoms with Crippen LogP contribution in [0.4, 0.5) is 5.69 Å². The molecule has 0 unspecified atom stereocenters. The first kappa shape index (κ1) is 22.5. The Kier molecular flexibility index (Phi) is 6.70. The number of fused-ring (bicyclic) bond motifs is 1. The summed E-state index contributed by atoms with van der Waals surface area (Å²) in [5.41, 5.74) is 3.08. The highest BCUT2D eigenvalue weighted by atomic mass is 32.2. The van der Waals surface area contributed by atoms with E-state index in [0.29, 0.717) is 34.2 Å². The van der Waals surface area contributed by atoms with Gasteiger partial charge < -0.3 is 19.7 Å². The number of hydrogen-bond donors (Lipinski definition) is 1. The molecule has 0 radical (unpaired) electrons. The molecule has 1 heterocycles. The van der Waals surface area contributed by atoms with Crippen LogP contribution in [0.15, 0.2) is 76.5 Å². The Morgan fingerprint density at radius 1 is 1.00 bits per heavy atom. The van der Waals surface area contributed by atoms with Gasteiger partial charge in [0.1, 0.15) is 0 Å². The van der Waals surface area contributed by atoms with Crippen molar-refractivity contribution in [2.75, 3.05) is 26.2 Å². The molecule has 0 bridgehead atoms. The van der Waals surface area contributed by atoms with Crippen LogP contribution in [0.3, 0.4) is 0 Å². The molecule has 0 aromatic heterocycles. The quantitative estimate of drug-likeness (QED) is 0.538. The first-order chi connectivity index (χ1) is 16.0. The van der Waals surface area contributed by atoms with Gasteiger partial charge in [0.25, 0.3) is 11.8 Å². The fraction of sp³-hybridized carbons (Fsp3) is 0.154. The Hall–Kier alpha value is -3.71. The molecule has 0 saturated carbocycles. The lowest BCUT2D eigenvalue weighted by Crippen LogP contribution is -2.31. The third-order valence-electron chi connectivity index (χ3n) is 5.32. The van der Waals surface area contributed by atoms with Crippen molar-refractivity contribution in [2.24, 2.45) is 0 Å².